The molecule has 6 heteroatoms. The van der Waals surface area contributed by atoms with Crippen LogP contribution in [0.5, 0.6) is 0 Å². The lowest BCUT2D eigenvalue weighted by Crippen LogP contribution is -2.50. The highest BCUT2D eigenvalue weighted by Crippen LogP contribution is 2.25. The number of hydrogen-bond donors (Lipinski definition) is 1. The fourth-order valence-corrected chi connectivity index (χ4v) is 3.14. The van der Waals surface area contributed by atoms with Crippen LogP contribution < -0.4 is 5.32 Å². The Bertz CT molecular complexity index is 743. The Morgan fingerprint density at radius 1 is 1.33 bits per heavy atom. The summed E-state index contributed by atoms with van der Waals surface area (Å²) in [5.41, 5.74) is 0.964. The molecule has 1 aromatic carbocycles. The number of furan rings is 1. The first-order chi connectivity index (χ1) is 13.2. The molecule has 27 heavy (non-hydrogen) atoms. The number of nitrogens with one attached hydrogen (secondary N) is 1. The zero-order chi connectivity index (χ0) is 19.1. The summed E-state index contributed by atoms with van der Waals surface area (Å²) in [5, 5.41) is 3.33. The molecule has 1 aromatic heterocycles. The number of ether oxygens (including phenoxy) is 1. The standard InChI is InChI=1S/C21H26FN3O2/c1-3-11-23-21(24-12-10-19-5-4-13-26-19)25-14-16(2)27-20(15-25)17-6-8-18(22)9-7-17/h3-9,13,16,20H,1,10-12,14-15H2,2H3,(H,23,24). The third-order valence-electron chi connectivity index (χ3n) is 4.41. The van der Waals surface area contributed by atoms with Crippen LogP contribution in [0.2, 0.25) is 0 Å². The zero-order valence-electron chi connectivity index (χ0n) is 15.6. The van der Waals surface area contributed by atoms with Crippen LogP contribution in [0.4, 0.5) is 4.39 Å². The molecule has 5 nitrogen and oxygen atoms in total. The highest BCUT2D eigenvalue weighted by atomic mass is 19.1. The minimum Gasteiger partial charge on any atom is -0.469 e. The largest absolute Gasteiger partial charge is 0.469 e. The molecule has 0 amide bonds. The molecular formula is C21H26FN3O2. The van der Waals surface area contributed by atoms with Crippen LogP contribution in [-0.4, -0.2) is 43.1 Å². The molecule has 0 radical (unpaired) electrons. The lowest BCUT2D eigenvalue weighted by Gasteiger charge is -2.38. The van der Waals surface area contributed by atoms with E-state index in [9.17, 15) is 4.39 Å². The first-order valence-corrected chi connectivity index (χ1v) is 9.23. The van der Waals surface area contributed by atoms with E-state index in [1.54, 1.807) is 18.4 Å². The van der Waals surface area contributed by atoms with E-state index in [2.05, 4.69) is 16.8 Å². The van der Waals surface area contributed by atoms with Crippen molar-refractivity contribution >= 4 is 5.96 Å². The van der Waals surface area contributed by atoms with Crippen molar-refractivity contribution in [3.63, 3.8) is 0 Å². The summed E-state index contributed by atoms with van der Waals surface area (Å²) in [5.74, 6) is 1.50. The Morgan fingerprint density at radius 3 is 2.85 bits per heavy atom. The maximum atomic E-state index is 13.2. The van der Waals surface area contributed by atoms with Gasteiger partial charge >= 0.3 is 0 Å². The second-order valence-corrected chi connectivity index (χ2v) is 6.60. The van der Waals surface area contributed by atoms with Crippen molar-refractivity contribution in [1.29, 1.82) is 0 Å². The maximum absolute atomic E-state index is 13.2. The van der Waals surface area contributed by atoms with Gasteiger partial charge in [-0.2, -0.15) is 0 Å². The minimum absolute atomic E-state index is 0.0367. The maximum Gasteiger partial charge on any atom is 0.194 e. The topological polar surface area (TPSA) is 50.0 Å². The summed E-state index contributed by atoms with van der Waals surface area (Å²) in [6.45, 7) is 8.46. The second-order valence-electron chi connectivity index (χ2n) is 6.60. The Hall–Kier alpha value is -2.60. The molecule has 1 N–H and O–H groups in total. The van der Waals surface area contributed by atoms with Crippen molar-refractivity contribution in [1.82, 2.24) is 10.2 Å². The van der Waals surface area contributed by atoms with Gasteiger partial charge < -0.3 is 19.4 Å². The fraction of sp³-hybridized carbons (Fsp3) is 0.381. The number of halogens is 1. The quantitative estimate of drug-likeness (QED) is 0.479. The highest BCUT2D eigenvalue weighted by molar-refractivity contribution is 5.80. The Balaban J connectivity index is 1.71. The van der Waals surface area contributed by atoms with E-state index in [-0.39, 0.29) is 18.0 Å². The zero-order valence-corrected chi connectivity index (χ0v) is 15.6. The van der Waals surface area contributed by atoms with E-state index in [0.717, 1.165) is 30.2 Å². The summed E-state index contributed by atoms with van der Waals surface area (Å²) in [6.07, 6.45) is 4.13. The number of aliphatic imine (C=N–C) groups is 1. The number of rotatable bonds is 6. The van der Waals surface area contributed by atoms with E-state index in [1.807, 2.05) is 25.1 Å². The normalized spacial score (nSPS) is 20.5. The van der Waals surface area contributed by atoms with Crippen molar-refractivity contribution < 1.29 is 13.5 Å². The van der Waals surface area contributed by atoms with Crippen LogP contribution in [-0.2, 0) is 11.2 Å². The van der Waals surface area contributed by atoms with Gasteiger partial charge in [0.05, 0.1) is 18.9 Å². The van der Waals surface area contributed by atoms with Crippen LogP contribution in [0.1, 0.15) is 24.4 Å². The lowest BCUT2D eigenvalue weighted by atomic mass is 10.1. The number of benzene rings is 1. The van der Waals surface area contributed by atoms with Gasteiger partial charge in [0.2, 0.25) is 0 Å². The Morgan fingerprint density at radius 2 is 2.15 bits per heavy atom. The van der Waals surface area contributed by atoms with Gasteiger partial charge in [-0.25, -0.2) is 4.39 Å². The summed E-state index contributed by atoms with van der Waals surface area (Å²) in [7, 11) is 0. The number of guanidine groups is 1. The molecule has 0 spiro atoms. The number of hydrogen-bond acceptors (Lipinski definition) is 3. The average Bonchev–Trinajstić information content (AvgIpc) is 3.18. The van der Waals surface area contributed by atoms with Gasteiger partial charge in [-0.05, 0) is 36.8 Å². The van der Waals surface area contributed by atoms with E-state index in [4.69, 9.17) is 14.1 Å². The van der Waals surface area contributed by atoms with Gasteiger partial charge in [-0.15, -0.1) is 6.58 Å². The van der Waals surface area contributed by atoms with E-state index < -0.39 is 0 Å². The summed E-state index contributed by atoms with van der Waals surface area (Å²) in [4.78, 5) is 6.93. The first kappa shape index (κ1) is 19.2. The van der Waals surface area contributed by atoms with Gasteiger partial charge in [-0.3, -0.25) is 4.99 Å². The molecule has 0 saturated carbocycles. The second kappa shape index (κ2) is 9.37. The van der Waals surface area contributed by atoms with Gasteiger partial charge in [0.15, 0.2) is 5.96 Å². The van der Waals surface area contributed by atoms with E-state index in [0.29, 0.717) is 19.6 Å². The monoisotopic (exact) mass is 371 g/mol. The van der Waals surface area contributed by atoms with Crippen LogP contribution in [0.3, 0.4) is 0 Å². The Kier molecular flexibility index (Phi) is 6.65. The average molecular weight is 371 g/mol. The van der Waals surface area contributed by atoms with Crippen LogP contribution in [0, 0.1) is 5.82 Å². The molecule has 2 aromatic rings. The van der Waals surface area contributed by atoms with Gasteiger partial charge in [0.25, 0.3) is 0 Å². The molecule has 2 unspecified atom stereocenters. The SMILES string of the molecule is C=CCNC(=NCCc1ccco1)N1CC(C)OC(c2ccc(F)cc2)C1. The lowest BCUT2D eigenvalue weighted by molar-refractivity contribution is -0.0604. The van der Waals surface area contributed by atoms with Gasteiger partial charge in [0.1, 0.15) is 17.7 Å². The fourth-order valence-electron chi connectivity index (χ4n) is 3.14. The summed E-state index contributed by atoms with van der Waals surface area (Å²) < 4.78 is 24.7. The number of morpholine rings is 1. The van der Waals surface area contributed by atoms with Gasteiger partial charge in [0, 0.05) is 26.1 Å². The van der Waals surface area contributed by atoms with Gasteiger partial charge in [-0.1, -0.05) is 18.2 Å². The van der Waals surface area contributed by atoms with Crippen molar-refractivity contribution in [2.75, 3.05) is 26.2 Å². The molecule has 0 aliphatic carbocycles. The molecule has 2 atom stereocenters. The minimum atomic E-state index is -0.243. The molecule has 1 aliphatic rings. The summed E-state index contributed by atoms with van der Waals surface area (Å²) in [6, 6.07) is 10.3. The Labute approximate surface area is 159 Å². The van der Waals surface area contributed by atoms with Crippen molar-refractivity contribution in [2.45, 2.75) is 25.6 Å². The summed E-state index contributed by atoms with van der Waals surface area (Å²) >= 11 is 0. The molecule has 2 heterocycles. The van der Waals surface area contributed by atoms with E-state index in [1.165, 1.54) is 12.1 Å². The molecule has 1 fully saturated rings. The molecule has 1 saturated heterocycles. The predicted octanol–water partition coefficient (Wildman–Crippen LogP) is 3.55. The van der Waals surface area contributed by atoms with Crippen molar-refractivity contribution in [2.24, 2.45) is 4.99 Å². The third kappa shape index (κ3) is 5.44. The molecule has 3 rings (SSSR count). The van der Waals surface area contributed by atoms with Crippen molar-refractivity contribution in [3.05, 3.63) is 72.5 Å². The first-order valence-electron chi connectivity index (χ1n) is 9.23. The van der Waals surface area contributed by atoms with Crippen LogP contribution in [0.25, 0.3) is 0 Å². The molecule has 144 valence electrons. The van der Waals surface area contributed by atoms with Crippen LogP contribution >= 0.6 is 0 Å². The van der Waals surface area contributed by atoms with Crippen LogP contribution in [0.15, 0.2) is 64.7 Å². The molecule has 0 bridgehead atoms. The third-order valence-corrected chi connectivity index (χ3v) is 4.41. The van der Waals surface area contributed by atoms with E-state index >= 15 is 0 Å². The predicted molar refractivity (Wildman–Crippen MR) is 104 cm³/mol. The molecular weight excluding hydrogens is 345 g/mol. The number of nitrogens with zero attached hydrogens (tertiary/aromatic N) is 2. The smallest absolute Gasteiger partial charge is 0.194 e. The highest BCUT2D eigenvalue weighted by Gasteiger charge is 2.28. The van der Waals surface area contributed by atoms with Crippen molar-refractivity contribution in [3.8, 4) is 0 Å². The molecule has 1 aliphatic heterocycles.